The van der Waals surface area contributed by atoms with E-state index in [-0.39, 0.29) is 24.2 Å². The molecule has 1 saturated carbocycles. The Hall–Kier alpha value is -1.26. The minimum absolute atomic E-state index is 0. The Bertz CT molecular complexity index is 483. The van der Waals surface area contributed by atoms with Crippen molar-refractivity contribution in [2.45, 2.75) is 44.6 Å². The van der Waals surface area contributed by atoms with Crippen LogP contribution in [-0.2, 0) is 4.79 Å². The molecule has 1 aliphatic carbocycles. The fourth-order valence-corrected chi connectivity index (χ4v) is 3.32. The summed E-state index contributed by atoms with van der Waals surface area (Å²) in [6.45, 7) is 1.89. The highest BCUT2D eigenvalue weighted by Crippen LogP contribution is 2.24. The van der Waals surface area contributed by atoms with E-state index < -0.39 is 0 Å². The van der Waals surface area contributed by atoms with Gasteiger partial charge in [0.1, 0.15) is 0 Å². The third kappa shape index (κ3) is 4.62. The van der Waals surface area contributed by atoms with Crippen molar-refractivity contribution < 1.29 is 4.79 Å². The van der Waals surface area contributed by atoms with E-state index in [1.807, 2.05) is 12.1 Å². The number of piperidine rings is 1. The molecule has 1 amide bonds. The Balaban J connectivity index is 0.00000176. The summed E-state index contributed by atoms with van der Waals surface area (Å²) in [5.41, 5.74) is 2.02. The molecule has 1 aliphatic heterocycles. The van der Waals surface area contributed by atoms with Crippen molar-refractivity contribution in [3.8, 4) is 0 Å². The molecule has 3 rings (SSSR count). The summed E-state index contributed by atoms with van der Waals surface area (Å²) in [6, 6.07) is 8.71. The predicted molar refractivity (Wildman–Crippen MR) is 93.8 cm³/mol. The predicted octanol–water partition coefficient (Wildman–Crippen LogP) is 3.40. The van der Waals surface area contributed by atoms with E-state index in [2.05, 4.69) is 28.1 Å². The second kappa shape index (κ2) is 8.39. The van der Waals surface area contributed by atoms with E-state index in [1.165, 1.54) is 25.7 Å². The zero-order valence-electron chi connectivity index (χ0n) is 12.9. The maximum atomic E-state index is 12.3. The molecule has 2 fully saturated rings. The molecule has 1 aromatic carbocycles. The molecule has 0 bridgehead atoms. The first-order valence-electron chi connectivity index (χ1n) is 8.19. The zero-order valence-corrected chi connectivity index (χ0v) is 13.8. The molecule has 0 unspecified atom stereocenters. The molecular formula is C17H26ClN3O. The number of nitrogens with one attached hydrogen (secondary N) is 3. The lowest BCUT2D eigenvalue weighted by atomic mass is 9.97. The number of anilines is 2. The largest absolute Gasteiger partial charge is 0.382 e. The Kier molecular flexibility index (Phi) is 6.52. The molecule has 1 saturated heterocycles. The van der Waals surface area contributed by atoms with Gasteiger partial charge in [0, 0.05) is 23.3 Å². The van der Waals surface area contributed by atoms with Crippen LogP contribution in [0.5, 0.6) is 0 Å². The summed E-state index contributed by atoms with van der Waals surface area (Å²) < 4.78 is 0. The lowest BCUT2D eigenvalue weighted by Crippen LogP contribution is -2.34. The maximum Gasteiger partial charge on any atom is 0.227 e. The van der Waals surface area contributed by atoms with Gasteiger partial charge < -0.3 is 16.0 Å². The lowest BCUT2D eigenvalue weighted by molar-refractivity contribution is -0.120. The van der Waals surface area contributed by atoms with E-state index >= 15 is 0 Å². The minimum atomic E-state index is 0. The van der Waals surface area contributed by atoms with Crippen molar-refractivity contribution in [1.29, 1.82) is 0 Å². The average molecular weight is 324 g/mol. The molecule has 1 aromatic rings. The fourth-order valence-electron chi connectivity index (χ4n) is 3.32. The smallest absolute Gasteiger partial charge is 0.227 e. The van der Waals surface area contributed by atoms with Gasteiger partial charge in [-0.2, -0.15) is 0 Å². The number of carbonyl (C=O) groups excluding carboxylic acids is 1. The van der Waals surface area contributed by atoms with Gasteiger partial charge in [0.25, 0.3) is 0 Å². The Morgan fingerprint density at radius 2 is 1.73 bits per heavy atom. The van der Waals surface area contributed by atoms with Gasteiger partial charge in [-0.05, 0) is 57.0 Å². The van der Waals surface area contributed by atoms with Gasteiger partial charge in [0.2, 0.25) is 5.91 Å². The van der Waals surface area contributed by atoms with E-state index in [4.69, 9.17) is 0 Å². The first-order chi connectivity index (χ1) is 10.3. The number of hydrogen-bond donors (Lipinski definition) is 3. The number of carbonyl (C=O) groups is 1. The third-order valence-electron chi connectivity index (χ3n) is 4.57. The molecule has 2 aliphatic rings. The lowest BCUT2D eigenvalue weighted by Gasteiger charge is -2.22. The molecule has 0 atom stereocenters. The second-order valence-corrected chi connectivity index (χ2v) is 6.22. The summed E-state index contributed by atoms with van der Waals surface area (Å²) in [6.07, 6.45) is 7.03. The Morgan fingerprint density at radius 1 is 1.05 bits per heavy atom. The topological polar surface area (TPSA) is 53.2 Å². The van der Waals surface area contributed by atoms with Gasteiger partial charge in [0.05, 0.1) is 0 Å². The maximum absolute atomic E-state index is 12.3. The summed E-state index contributed by atoms with van der Waals surface area (Å²) >= 11 is 0. The molecule has 22 heavy (non-hydrogen) atoms. The minimum Gasteiger partial charge on any atom is -0.382 e. The van der Waals surface area contributed by atoms with Crippen LogP contribution < -0.4 is 16.0 Å². The van der Waals surface area contributed by atoms with Crippen molar-refractivity contribution in [3.63, 3.8) is 0 Å². The monoisotopic (exact) mass is 323 g/mol. The van der Waals surface area contributed by atoms with Gasteiger partial charge in [-0.25, -0.2) is 0 Å². The Morgan fingerprint density at radius 3 is 2.45 bits per heavy atom. The summed E-state index contributed by atoms with van der Waals surface area (Å²) in [5, 5.41) is 9.94. The van der Waals surface area contributed by atoms with Crippen LogP contribution in [0.25, 0.3) is 0 Å². The third-order valence-corrected chi connectivity index (χ3v) is 4.57. The van der Waals surface area contributed by atoms with Crippen molar-refractivity contribution in [2.75, 3.05) is 23.7 Å². The van der Waals surface area contributed by atoms with E-state index in [0.29, 0.717) is 6.04 Å². The second-order valence-electron chi connectivity index (χ2n) is 6.22. The number of benzene rings is 1. The van der Waals surface area contributed by atoms with E-state index in [1.54, 1.807) is 0 Å². The summed E-state index contributed by atoms with van der Waals surface area (Å²) in [5.74, 6) is 0.312. The molecule has 5 heteroatoms. The van der Waals surface area contributed by atoms with Crippen LogP contribution in [0, 0.1) is 5.92 Å². The molecule has 0 aromatic heterocycles. The molecule has 3 N–H and O–H groups in total. The van der Waals surface area contributed by atoms with Crippen LogP contribution in [0.1, 0.15) is 38.5 Å². The molecule has 0 spiro atoms. The van der Waals surface area contributed by atoms with Crippen molar-refractivity contribution in [1.82, 2.24) is 5.32 Å². The molecular weight excluding hydrogens is 298 g/mol. The number of amides is 1. The van der Waals surface area contributed by atoms with Crippen LogP contribution in [0.4, 0.5) is 11.4 Å². The van der Waals surface area contributed by atoms with Crippen LogP contribution >= 0.6 is 12.4 Å². The van der Waals surface area contributed by atoms with Gasteiger partial charge in [0.15, 0.2) is 0 Å². The molecule has 4 nitrogen and oxygen atoms in total. The van der Waals surface area contributed by atoms with Crippen molar-refractivity contribution in [2.24, 2.45) is 5.92 Å². The number of halogens is 1. The van der Waals surface area contributed by atoms with Gasteiger partial charge in [-0.1, -0.05) is 18.9 Å². The van der Waals surface area contributed by atoms with Crippen molar-refractivity contribution in [3.05, 3.63) is 24.3 Å². The quantitative estimate of drug-likeness (QED) is 0.796. The summed E-state index contributed by atoms with van der Waals surface area (Å²) in [4.78, 5) is 12.3. The number of hydrogen-bond acceptors (Lipinski definition) is 3. The van der Waals surface area contributed by atoms with Crippen LogP contribution in [-0.4, -0.2) is 25.0 Å². The molecule has 0 radical (unpaired) electrons. The fraction of sp³-hybridized carbons (Fsp3) is 0.588. The SMILES string of the molecule is Cl.O=C(Nc1cccc(NC2CCCC2)c1)C1CCNCC1. The Labute approximate surface area is 138 Å². The first kappa shape index (κ1) is 17.1. The first-order valence-corrected chi connectivity index (χ1v) is 8.19. The average Bonchev–Trinajstić information content (AvgIpc) is 3.01. The van der Waals surface area contributed by atoms with E-state index in [9.17, 15) is 4.79 Å². The highest BCUT2D eigenvalue weighted by atomic mass is 35.5. The molecule has 1 heterocycles. The normalized spacial score (nSPS) is 19.5. The highest BCUT2D eigenvalue weighted by molar-refractivity contribution is 5.93. The van der Waals surface area contributed by atoms with E-state index in [0.717, 1.165) is 37.3 Å². The van der Waals surface area contributed by atoms with Crippen molar-refractivity contribution >= 4 is 29.7 Å². The van der Waals surface area contributed by atoms with Crippen LogP contribution in [0.3, 0.4) is 0 Å². The van der Waals surface area contributed by atoms with Gasteiger partial charge in [-0.3, -0.25) is 4.79 Å². The molecule has 122 valence electrons. The summed E-state index contributed by atoms with van der Waals surface area (Å²) in [7, 11) is 0. The standard InChI is InChI=1S/C17H25N3O.ClH/c21-17(13-8-10-18-11-9-13)20-16-7-3-6-15(12-16)19-14-4-1-2-5-14;/h3,6-7,12-14,18-19H,1-2,4-5,8-11H2,(H,20,21);1H. The number of rotatable bonds is 4. The highest BCUT2D eigenvalue weighted by Gasteiger charge is 2.21. The van der Waals surface area contributed by atoms with Crippen LogP contribution in [0.2, 0.25) is 0 Å². The zero-order chi connectivity index (χ0) is 14.5. The van der Waals surface area contributed by atoms with Gasteiger partial charge in [-0.15, -0.1) is 12.4 Å². The van der Waals surface area contributed by atoms with Crippen LogP contribution in [0.15, 0.2) is 24.3 Å². The van der Waals surface area contributed by atoms with Gasteiger partial charge >= 0.3 is 0 Å².